The molecule has 1 unspecified atom stereocenters. The van der Waals surface area contributed by atoms with Gasteiger partial charge in [0.05, 0.1) is 17.1 Å². The molecular weight excluding hydrogens is 326 g/mol. The number of aryl methyl sites for hydroxylation is 1. The number of amides is 1. The van der Waals surface area contributed by atoms with Crippen LogP contribution in [0.3, 0.4) is 0 Å². The number of hydrogen-bond acceptors (Lipinski definition) is 2. The molecule has 5 heteroatoms. The lowest BCUT2D eigenvalue weighted by atomic mass is 10.0. The van der Waals surface area contributed by atoms with Crippen LogP contribution in [0.2, 0.25) is 0 Å². The lowest BCUT2D eigenvalue weighted by molar-refractivity contribution is -0.122. The van der Waals surface area contributed by atoms with Crippen molar-refractivity contribution < 1.29 is 4.79 Å². The summed E-state index contributed by atoms with van der Waals surface area (Å²) in [6.45, 7) is 2.57. The third-order valence-corrected chi connectivity index (χ3v) is 5.11. The van der Waals surface area contributed by atoms with Crippen LogP contribution in [-0.4, -0.2) is 15.0 Å². The van der Waals surface area contributed by atoms with E-state index < -0.39 is 0 Å². The van der Waals surface area contributed by atoms with E-state index in [-0.39, 0.29) is 24.2 Å². The second-order valence-corrected chi connectivity index (χ2v) is 6.89. The van der Waals surface area contributed by atoms with Gasteiger partial charge in [0.1, 0.15) is 6.54 Å². The van der Waals surface area contributed by atoms with E-state index >= 15 is 0 Å². The van der Waals surface area contributed by atoms with E-state index in [0.29, 0.717) is 12.5 Å². The molecule has 1 aliphatic carbocycles. The molecule has 3 aromatic rings. The van der Waals surface area contributed by atoms with Gasteiger partial charge in [-0.15, -0.1) is 0 Å². The first-order valence-electron chi connectivity index (χ1n) is 9.21. The fourth-order valence-electron chi connectivity index (χ4n) is 3.66. The summed E-state index contributed by atoms with van der Waals surface area (Å²) in [5, 5.41) is 3.16. The van der Waals surface area contributed by atoms with Gasteiger partial charge in [0.2, 0.25) is 5.91 Å². The van der Waals surface area contributed by atoms with Gasteiger partial charge in [0.25, 0.3) is 0 Å². The fourth-order valence-corrected chi connectivity index (χ4v) is 3.66. The zero-order valence-corrected chi connectivity index (χ0v) is 14.9. The van der Waals surface area contributed by atoms with Gasteiger partial charge < -0.3 is 5.32 Å². The molecule has 0 radical (unpaired) electrons. The van der Waals surface area contributed by atoms with E-state index in [1.54, 1.807) is 9.13 Å². The summed E-state index contributed by atoms with van der Waals surface area (Å²) in [6.07, 6.45) is 2.27. The molecule has 0 aliphatic heterocycles. The molecule has 5 nitrogen and oxygen atoms in total. The molecule has 2 aromatic carbocycles. The Bertz CT molecular complexity index is 983. The van der Waals surface area contributed by atoms with E-state index in [0.717, 1.165) is 29.4 Å². The highest BCUT2D eigenvalue weighted by Crippen LogP contribution is 2.40. The molecular formula is C21H23N3O2. The normalized spacial score (nSPS) is 15.1. The van der Waals surface area contributed by atoms with Gasteiger partial charge in [-0.2, -0.15) is 0 Å². The molecule has 1 fully saturated rings. The summed E-state index contributed by atoms with van der Waals surface area (Å²) in [4.78, 5) is 25.4. The zero-order chi connectivity index (χ0) is 18.1. The van der Waals surface area contributed by atoms with Crippen molar-refractivity contribution in [1.29, 1.82) is 0 Å². The Kier molecular flexibility index (Phi) is 4.37. The van der Waals surface area contributed by atoms with Crippen LogP contribution in [0.25, 0.3) is 11.0 Å². The molecule has 1 amide bonds. The van der Waals surface area contributed by atoms with Crippen molar-refractivity contribution in [2.45, 2.75) is 38.9 Å². The highest BCUT2D eigenvalue weighted by Gasteiger charge is 2.33. The monoisotopic (exact) mass is 349 g/mol. The minimum Gasteiger partial charge on any atom is -0.347 e. The van der Waals surface area contributed by atoms with Crippen molar-refractivity contribution in [3.05, 3.63) is 70.6 Å². The van der Waals surface area contributed by atoms with Gasteiger partial charge in [-0.25, -0.2) is 4.79 Å². The van der Waals surface area contributed by atoms with Gasteiger partial charge in [-0.1, -0.05) is 42.5 Å². The number of benzene rings is 2. The number of hydrogen-bond donors (Lipinski definition) is 1. The van der Waals surface area contributed by atoms with Crippen molar-refractivity contribution in [2.75, 3.05) is 0 Å². The van der Waals surface area contributed by atoms with Gasteiger partial charge in [0.15, 0.2) is 0 Å². The molecule has 0 bridgehead atoms. The fraction of sp³-hybridized carbons (Fsp3) is 0.333. The molecule has 26 heavy (non-hydrogen) atoms. The van der Waals surface area contributed by atoms with Gasteiger partial charge >= 0.3 is 5.69 Å². The molecule has 134 valence electrons. The first-order chi connectivity index (χ1) is 12.7. The summed E-state index contributed by atoms with van der Waals surface area (Å²) in [5.41, 5.74) is 2.67. The minimum absolute atomic E-state index is 0.0268. The third-order valence-electron chi connectivity index (χ3n) is 5.11. The number of imidazole rings is 1. The van der Waals surface area contributed by atoms with Crippen molar-refractivity contribution >= 4 is 16.9 Å². The third kappa shape index (κ3) is 3.05. The van der Waals surface area contributed by atoms with Crippen molar-refractivity contribution in [2.24, 2.45) is 5.92 Å². The van der Waals surface area contributed by atoms with Crippen LogP contribution in [-0.2, 0) is 17.9 Å². The molecule has 1 aromatic heterocycles. The van der Waals surface area contributed by atoms with Crippen molar-refractivity contribution in [3.8, 4) is 0 Å². The maximum Gasteiger partial charge on any atom is 0.329 e. The van der Waals surface area contributed by atoms with Crippen LogP contribution in [0.1, 0.15) is 31.4 Å². The Morgan fingerprint density at radius 1 is 1.04 bits per heavy atom. The molecule has 0 spiro atoms. The molecule has 1 heterocycles. The van der Waals surface area contributed by atoms with E-state index in [1.165, 1.54) is 0 Å². The molecule has 1 atom stereocenters. The smallest absolute Gasteiger partial charge is 0.329 e. The second-order valence-electron chi connectivity index (χ2n) is 6.89. The number of aromatic nitrogens is 2. The van der Waals surface area contributed by atoms with E-state index in [1.807, 2.05) is 49.4 Å². The zero-order valence-electron chi connectivity index (χ0n) is 14.9. The van der Waals surface area contributed by atoms with Crippen LogP contribution >= 0.6 is 0 Å². The lowest BCUT2D eigenvalue weighted by Crippen LogP contribution is -2.35. The van der Waals surface area contributed by atoms with Gasteiger partial charge in [-0.3, -0.25) is 13.9 Å². The number of carbonyl (C=O) groups is 1. The minimum atomic E-state index is -0.133. The average molecular weight is 349 g/mol. The Balaban J connectivity index is 1.60. The highest BCUT2D eigenvalue weighted by atomic mass is 16.2. The van der Waals surface area contributed by atoms with E-state index in [2.05, 4.69) is 17.4 Å². The Labute approximate surface area is 152 Å². The molecule has 1 saturated carbocycles. The topological polar surface area (TPSA) is 56.0 Å². The summed E-state index contributed by atoms with van der Waals surface area (Å²) in [7, 11) is 0. The Hall–Kier alpha value is -2.82. The van der Waals surface area contributed by atoms with Crippen LogP contribution in [0.5, 0.6) is 0 Å². The molecule has 0 saturated heterocycles. The number of rotatable bonds is 6. The number of carbonyl (C=O) groups excluding carboxylic acids is 1. The van der Waals surface area contributed by atoms with E-state index in [4.69, 9.17) is 0 Å². The SMILES string of the molecule is CCn1c(=O)n(CC(=O)NC(c2ccccc2)C2CC2)c2ccccc21. The number of nitrogens with zero attached hydrogens (tertiary/aromatic N) is 2. The number of fused-ring (bicyclic) bond motifs is 1. The molecule has 1 N–H and O–H groups in total. The molecule has 1 aliphatic rings. The van der Waals surface area contributed by atoms with Crippen LogP contribution in [0.15, 0.2) is 59.4 Å². The Morgan fingerprint density at radius 2 is 1.65 bits per heavy atom. The van der Waals surface area contributed by atoms with Crippen LogP contribution < -0.4 is 11.0 Å². The first-order valence-corrected chi connectivity index (χ1v) is 9.21. The quantitative estimate of drug-likeness (QED) is 0.743. The van der Waals surface area contributed by atoms with Crippen LogP contribution in [0, 0.1) is 5.92 Å². The largest absolute Gasteiger partial charge is 0.347 e. The summed E-state index contributed by atoms with van der Waals surface area (Å²) < 4.78 is 3.28. The maximum absolute atomic E-state index is 12.7. The summed E-state index contributed by atoms with van der Waals surface area (Å²) in [6, 6.07) is 17.7. The summed E-state index contributed by atoms with van der Waals surface area (Å²) in [5.74, 6) is 0.377. The van der Waals surface area contributed by atoms with Gasteiger partial charge in [0, 0.05) is 6.54 Å². The standard InChI is InChI=1S/C21H23N3O2/c1-2-23-17-10-6-7-11-18(17)24(21(23)26)14-19(25)22-20(16-12-13-16)15-8-4-3-5-9-15/h3-11,16,20H,2,12-14H2,1H3,(H,22,25). The number of nitrogens with one attached hydrogen (secondary N) is 1. The van der Waals surface area contributed by atoms with Crippen LogP contribution in [0.4, 0.5) is 0 Å². The Morgan fingerprint density at radius 3 is 2.27 bits per heavy atom. The second kappa shape index (κ2) is 6.83. The highest BCUT2D eigenvalue weighted by molar-refractivity contribution is 5.81. The lowest BCUT2D eigenvalue weighted by Gasteiger charge is -2.19. The molecule has 4 rings (SSSR count). The average Bonchev–Trinajstić information content (AvgIpc) is 3.47. The maximum atomic E-state index is 12.7. The van der Waals surface area contributed by atoms with Crippen molar-refractivity contribution in [3.63, 3.8) is 0 Å². The predicted molar refractivity (Wildman–Crippen MR) is 102 cm³/mol. The predicted octanol–water partition coefficient (Wildman–Crippen LogP) is 3.09. The van der Waals surface area contributed by atoms with Gasteiger partial charge in [-0.05, 0) is 43.4 Å². The first kappa shape index (κ1) is 16.6. The van der Waals surface area contributed by atoms with E-state index in [9.17, 15) is 9.59 Å². The summed E-state index contributed by atoms with van der Waals surface area (Å²) >= 11 is 0. The van der Waals surface area contributed by atoms with Crippen molar-refractivity contribution in [1.82, 2.24) is 14.5 Å². The number of para-hydroxylation sites is 2.